The molecule has 0 aliphatic heterocycles. The van der Waals surface area contributed by atoms with E-state index in [2.05, 4.69) is 0 Å². The molecule has 0 aliphatic carbocycles. The Labute approximate surface area is 63.0 Å². The summed E-state index contributed by atoms with van der Waals surface area (Å²) < 4.78 is 0. The Bertz CT molecular complexity index is 76.2. The fourth-order valence-corrected chi connectivity index (χ4v) is 0. The van der Waals surface area contributed by atoms with Crippen molar-refractivity contribution in [1.82, 2.24) is 0 Å². The molecule has 0 aromatic rings. The molecule has 0 rings (SSSR count). The van der Waals surface area contributed by atoms with E-state index in [-0.39, 0.29) is 29.6 Å². The average Bonchev–Trinajstić information content (AvgIpc) is 1.36. The molecule has 0 amide bonds. The number of carboxylic acids is 1. The Morgan fingerprint density at radius 3 is 1.57 bits per heavy atom. The normalized spacial score (nSPS) is 6.43. The minimum absolute atomic E-state index is 0. The fourth-order valence-electron chi connectivity index (χ4n) is 0. The van der Waals surface area contributed by atoms with E-state index in [4.69, 9.17) is 5.11 Å². The molecule has 0 radical (unpaired) electrons. The Morgan fingerprint density at radius 1 is 1.43 bits per heavy atom. The summed E-state index contributed by atoms with van der Waals surface area (Å²) in [5.74, 6) is -2.20. The van der Waals surface area contributed by atoms with Gasteiger partial charge in [0.1, 0.15) is 0 Å². The first-order chi connectivity index (χ1) is 2.64. The summed E-state index contributed by atoms with van der Waals surface area (Å²) in [6, 6.07) is 0. The van der Waals surface area contributed by atoms with Crippen molar-refractivity contribution in [1.29, 1.82) is 0 Å². The SMILES string of the molecule is CC(=O)C(=O)O.[Na+]. The summed E-state index contributed by atoms with van der Waals surface area (Å²) in [5.41, 5.74) is 0. The van der Waals surface area contributed by atoms with Crippen LogP contribution in [0.25, 0.3) is 0 Å². The van der Waals surface area contributed by atoms with Gasteiger partial charge in [-0.15, -0.1) is 0 Å². The molecule has 0 fully saturated rings. The molecule has 34 valence electrons. The third-order valence-corrected chi connectivity index (χ3v) is 0.301. The maximum absolute atomic E-state index is 9.54. The second kappa shape index (κ2) is 4.30. The first-order valence-electron chi connectivity index (χ1n) is 1.38. The van der Waals surface area contributed by atoms with Crippen molar-refractivity contribution in [2.45, 2.75) is 6.92 Å². The molecule has 1 N–H and O–H groups in total. The van der Waals surface area contributed by atoms with Gasteiger partial charge in [0.2, 0.25) is 5.78 Å². The maximum atomic E-state index is 9.54. The molecule has 7 heavy (non-hydrogen) atoms. The Balaban J connectivity index is 0. The third-order valence-electron chi connectivity index (χ3n) is 0.301. The average molecular weight is 111 g/mol. The quantitative estimate of drug-likeness (QED) is 0.284. The van der Waals surface area contributed by atoms with Crippen LogP contribution in [0.2, 0.25) is 0 Å². The van der Waals surface area contributed by atoms with E-state index in [1.165, 1.54) is 0 Å². The summed E-state index contributed by atoms with van der Waals surface area (Å²) >= 11 is 0. The number of ketones is 1. The van der Waals surface area contributed by atoms with Crippen LogP contribution >= 0.6 is 0 Å². The standard InChI is InChI=1S/C3H4O3.Na/c1-2(4)3(5)6;/h1H3,(H,5,6);/q;+1. The predicted molar refractivity (Wildman–Crippen MR) is 18.3 cm³/mol. The predicted octanol–water partition coefficient (Wildman–Crippen LogP) is -3.34. The Kier molecular flexibility index (Phi) is 6.26. The number of rotatable bonds is 1. The number of carbonyl (C=O) groups excluding carboxylic acids is 1. The molecule has 0 aromatic carbocycles. The molecule has 3 nitrogen and oxygen atoms in total. The van der Waals surface area contributed by atoms with Crippen LogP contribution in [0.1, 0.15) is 6.92 Å². The van der Waals surface area contributed by atoms with E-state index in [9.17, 15) is 9.59 Å². The zero-order chi connectivity index (χ0) is 5.15. The van der Waals surface area contributed by atoms with E-state index >= 15 is 0 Å². The van der Waals surface area contributed by atoms with Gasteiger partial charge in [0.25, 0.3) is 0 Å². The molecule has 0 atom stereocenters. The van der Waals surface area contributed by atoms with Crippen LogP contribution in [0.15, 0.2) is 0 Å². The van der Waals surface area contributed by atoms with Gasteiger partial charge in [0.15, 0.2) is 0 Å². The molecule has 4 heteroatoms. The molecule has 0 spiro atoms. The van der Waals surface area contributed by atoms with Gasteiger partial charge in [0, 0.05) is 6.92 Å². The minimum atomic E-state index is -1.38. The molecule has 0 aliphatic rings. The van der Waals surface area contributed by atoms with E-state index in [1.54, 1.807) is 0 Å². The zero-order valence-electron chi connectivity index (χ0n) is 4.26. The second-order valence-corrected chi connectivity index (χ2v) is 0.861. The second-order valence-electron chi connectivity index (χ2n) is 0.861. The van der Waals surface area contributed by atoms with Gasteiger partial charge in [0.05, 0.1) is 0 Å². The van der Waals surface area contributed by atoms with Crippen LogP contribution in [0.5, 0.6) is 0 Å². The minimum Gasteiger partial charge on any atom is -0.476 e. The number of hydrogen-bond acceptors (Lipinski definition) is 2. The first-order valence-corrected chi connectivity index (χ1v) is 1.38. The van der Waals surface area contributed by atoms with Crippen molar-refractivity contribution >= 4 is 11.8 Å². The van der Waals surface area contributed by atoms with Crippen molar-refractivity contribution in [2.24, 2.45) is 0 Å². The van der Waals surface area contributed by atoms with E-state index in [1.807, 2.05) is 0 Å². The summed E-state index contributed by atoms with van der Waals surface area (Å²) in [4.78, 5) is 18.9. The van der Waals surface area contributed by atoms with Gasteiger partial charge in [-0.05, 0) is 0 Å². The molecule has 0 unspecified atom stereocenters. The molecule has 0 saturated heterocycles. The van der Waals surface area contributed by atoms with Crippen LogP contribution in [-0.2, 0) is 9.59 Å². The molecular formula is C3H4NaO3+. The summed E-state index contributed by atoms with van der Waals surface area (Å²) in [5, 5.41) is 7.64. The van der Waals surface area contributed by atoms with Crippen molar-refractivity contribution in [2.75, 3.05) is 0 Å². The largest absolute Gasteiger partial charge is 1.00 e. The number of carboxylic acid groups (broad SMARTS) is 1. The van der Waals surface area contributed by atoms with Crippen LogP contribution in [0.3, 0.4) is 0 Å². The molecule has 0 saturated carbocycles. The smallest absolute Gasteiger partial charge is 0.476 e. The zero-order valence-corrected chi connectivity index (χ0v) is 6.26. The summed E-state index contributed by atoms with van der Waals surface area (Å²) in [7, 11) is 0. The molecule has 0 bridgehead atoms. The topological polar surface area (TPSA) is 54.4 Å². The summed E-state index contributed by atoms with van der Waals surface area (Å²) in [6.07, 6.45) is 0. The molecule has 0 heterocycles. The van der Waals surface area contributed by atoms with Crippen molar-refractivity contribution in [3.63, 3.8) is 0 Å². The van der Waals surface area contributed by atoms with Crippen LogP contribution in [0, 0.1) is 0 Å². The molecular weight excluding hydrogens is 107 g/mol. The number of Topliss-reactive ketones (excluding diaryl/α,β-unsaturated/α-hetero) is 1. The third kappa shape index (κ3) is 6.14. The van der Waals surface area contributed by atoms with Crippen LogP contribution < -0.4 is 29.6 Å². The van der Waals surface area contributed by atoms with Gasteiger partial charge in [-0.1, -0.05) is 0 Å². The van der Waals surface area contributed by atoms with Gasteiger partial charge in [-0.3, -0.25) is 4.79 Å². The van der Waals surface area contributed by atoms with Crippen molar-refractivity contribution in [3.8, 4) is 0 Å². The van der Waals surface area contributed by atoms with Crippen molar-refractivity contribution in [3.05, 3.63) is 0 Å². The van der Waals surface area contributed by atoms with Gasteiger partial charge in [-0.25, -0.2) is 4.79 Å². The van der Waals surface area contributed by atoms with Gasteiger partial charge < -0.3 is 5.11 Å². The number of aliphatic carboxylic acids is 1. The van der Waals surface area contributed by atoms with Gasteiger partial charge >= 0.3 is 35.5 Å². The van der Waals surface area contributed by atoms with E-state index < -0.39 is 11.8 Å². The first kappa shape index (κ1) is 10.2. The monoisotopic (exact) mass is 111 g/mol. The Morgan fingerprint density at radius 2 is 1.57 bits per heavy atom. The van der Waals surface area contributed by atoms with E-state index in [0.717, 1.165) is 6.92 Å². The Hall–Kier alpha value is 0.140. The number of carbonyl (C=O) groups is 2. The fraction of sp³-hybridized carbons (Fsp3) is 0.333. The van der Waals surface area contributed by atoms with Crippen LogP contribution in [-0.4, -0.2) is 16.9 Å². The van der Waals surface area contributed by atoms with Gasteiger partial charge in [-0.2, -0.15) is 0 Å². The summed E-state index contributed by atoms with van der Waals surface area (Å²) in [6.45, 7) is 1.00. The van der Waals surface area contributed by atoms with E-state index in [0.29, 0.717) is 0 Å². The van der Waals surface area contributed by atoms with Crippen LogP contribution in [0.4, 0.5) is 0 Å². The molecule has 0 aromatic heterocycles. The van der Waals surface area contributed by atoms with Crippen molar-refractivity contribution < 1.29 is 44.3 Å². The maximum Gasteiger partial charge on any atom is 1.00 e. The number of hydrogen-bond donors (Lipinski definition) is 1.